The van der Waals surface area contributed by atoms with E-state index in [0.29, 0.717) is 6.04 Å². The van der Waals surface area contributed by atoms with E-state index in [1.165, 1.54) is 0 Å². The summed E-state index contributed by atoms with van der Waals surface area (Å²) < 4.78 is 6.20. The van der Waals surface area contributed by atoms with E-state index < -0.39 is 0 Å². The molecule has 2 rings (SSSR count). The van der Waals surface area contributed by atoms with Crippen molar-refractivity contribution in [3.63, 3.8) is 0 Å². The third kappa shape index (κ3) is 2.97. The third-order valence-electron chi connectivity index (χ3n) is 4.72. The molecular weight excluding hydrogens is 238 g/mol. The Morgan fingerprint density at radius 1 is 1.11 bits per heavy atom. The Hall–Kier alpha value is -0.160. The quantitative estimate of drug-likeness (QED) is 0.820. The Balaban J connectivity index is 2.24. The van der Waals surface area contributed by atoms with E-state index in [4.69, 9.17) is 10.5 Å². The van der Waals surface area contributed by atoms with Crippen LogP contribution in [0.2, 0.25) is 0 Å². The summed E-state index contributed by atoms with van der Waals surface area (Å²) in [7, 11) is 2.21. The number of likely N-dealkylation sites (N-methyl/N-ethyl adjacent to an activating group) is 1. The van der Waals surface area contributed by atoms with E-state index >= 15 is 0 Å². The molecule has 2 aliphatic rings. The van der Waals surface area contributed by atoms with Gasteiger partial charge in [-0.25, -0.2) is 0 Å². The minimum Gasteiger partial charge on any atom is -0.367 e. The van der Waals surface area contributed by atoms with Crippen molar-refractivity contribution < 1.29 is 4.74 Å². The largest absolute Gasteiger partial charge is 0.367 e. The normalized spacial score (nSPS) is 39.6. The first kappa shape index (κ1) is 15.2. The standard InChI is InChI=1S/C15H31N3O/c1-12-7-15(8-16,11-17(12)6)18-9-13(2,3)19-14(4,5)10-18/h12H,7-11,16H2,1-6H3. The molecule has 0 spiro atoms. The molecule has 4 heteroatoms. The topological polar surface area (TPSA) is 41.7 Å². The van der Waals surface area contributed by atoms with E-state index in [0.717, 1.165) is 32.6 Å². The van der Waals surface area contributed by atoms with Gasteiger partial charge in [-0.1, -0.05) is 0 Å². The van der Waals surface area contributed by atoms with Gasteiger partial charge in [-0.3, -0.25) is 4.90 Å². The maximum atomic E-state index is 6.20. The SMILES string of the molecule is CC1CC(CN)(N2CC(C)(C)OC(C)(C)C2)CN1C. The second kappa shape index (κ2) is 4.69. The van der Waals surface area contributed by atoms with Gasteiger partial charge >= 0.3 is 0 Å². The number of nitrogens with zero attached hydrogens (tertiary/aromatic N) is 2. The highest BCUT2D eigenvalue weighted by atomic mass is 16.5. The van der Waals surface area contributed by atoms with Crippen LogP contribution in [0.25, 0.3) is 0 Å². The van der Waals surface area contributed by atoms with Crippen LogP contribution < -0.4 is 5.73 Å². The molecule has 112 valence electrons. The van der Waals surface area contributed by atoms with Crippen molar-refractivity contribution in [1.29, 1.82) is 0 Å². The highest BCUT2D eigenvalue weighted by Crippen LogP contribution is 2.37. The molecule has 4 nitrogen and oxygen atoms in total. The molecule has 19 heavy (non-hydrogen) atoms. The first-order valence-corrected chi connectivity index (χ1v) is 7.45. The zero-order valence-electron chi connectivity index (χ0n) is 13.5. The summed E-state index contributed by atoms with van der Waals surface area (Å²) in [5, 5.41) is 0. The summed E-state index contributed by atoms with van der Waals surface area (Å²) in [4.78, 5) is 5.03. The van der Waals surface area contributed by atoms with Crippen LogP contribution in [0.3, 0.4) is 0 Å². The first-order valence-electron chi connectivity index (χ1n) is 7.45. The summed E-state index contributed by atoms with van der Waals surface area (Å²) in [6.07, 6.45) is 1.16. The van der Waals surface area contributed by atoms with Crippen LogP contribution in [0, 0.1) is 0 Å². The molecule has 0 bridgehead atoms. The van der Waals surface area contributed by atoms with Crippen LogP contribution in [0.5, 0.6) is 0 Å². The van der Waals surface area contributed by atoms with Gasteiger partial charge < -0.3 is 15.4 Å². The predicted octanol–water partition coefficient (Wildman–Crippen LogP) is 1.30. The maximum absolute atomic E-state index is 6.20. The number of likely N-dealkylation sites (tertiary alicyclic amines) is 1. The number of morpholine rings is 1. The second-order valence-corrected chi connectivity index (χ2v) is 7.87. The Bertz CT molecular complexity index is 314. The van der Waals surface area contributed by atoms with E-state index in [9.17, 15) is 0 Å². The number of rotatable bonds is 2. The molecule has 0 radical (unpaired) electrons. The van der Waals surface area contributed by atoms with Gasteiger partial charge in [0.05, 0.1) is 11.2 Å². The summed E-state index contributed by atoms with van der Waals surface area (Å²) >= 11 is 0. The zero-order valence-corrected chi connectivity index (χ0v) is 13.5. The lowest BCUT2D eigenvalue weighted by atomic mass is 9.88. The van der Waals surface area contributed by atoms with Crippen LogP contribution in [0.1, 0.15) is 41.0 Å². The van der Waals surface area contributed by atoms with Crippen LogP contribution in [0.15, 0.2) is 0 Å². The van der Waals surface area contributed by atoms with Gasteiger partial charge in [-0.05, 0) is 48.1 Å². The van der Waals surface area contributed by atoms with Crippen molar-refractivity contribution in [1.82, 2.24) is 9.80 Å². The molecule has 0 aromatic rings. The highest BCUT2D eigenvalue weighted by Gasteiger charge is 2.50. The van der Waals surface area contributed by atoms with E-state index in [-0.39, 0.29) is 16.7 Å². The highest BCUT2D eigenvalue weighted by molar-refractivity contribution is 5.06. The summed E-state index contributed by atoms with van der Waals surface area (Å²) in [6, 6.07) is 0.609. The molecule has 0 saturated carbocycles. The van der Waals surface area contributed by atoms with Crippen molar-refractivity contribution in [2.24, 2.45) is 5.73 Å². The molecule has 0 aromatic heterocycles. The van der Waals surface area contributed by atoms with Gasteiger partial charge in [0, 0.05) is 37.8 Å². The van der Waals surface area contributed by atoms with Crippen LogP contribution in [-0.2, 0) is 4.74 Å². The molecule has 2 heterocycles. The van der Waals surface area contributed by atoms with Gasteiger partial charge in [0.25, 0.3) is 0 Å². The number of hydrogen-bond acceptors (Lipinski definition) is 4. The molecule has 0 aromatic carbocycles. The molecule has 0 aliphatic carbocycles. The molecule has 2 saturated heterocycles. The Morgan fingerprint density at radius 3 is 2.00 bits per heavy atom. The van der Waals surface area contributed by atoms with Crippen molar-refractivity contribution >= 4 is 0 Å². The number of hydrogen-bond donors (Lipinski definition) is 1. The average molecular weight is 269 g/mol. The number of ether oxygens (including phenoxy) is 1. The van der Waals surface area contributed by atoms with Gasteiger partial charge in [0.2, 0.25) is 0 Å². The summed E-state index contributed by atoms with van der Waals surface area (Å²) in [5.41, 5.74) is 6.10. The Kier molecular flexibility index (Phi) is 3.76. The predicted molar refractivity (Wildman–Crippen MR) is 79.3 cm³/mol. The van der Waals surface area contributed by atoms with Gasteiger partial charge in [-0.15, -0.1) is 0 Å². The Morgan fingerprint density at radius 2 is 1.63 bits per heavy atom. The fourth-order valence-electron chi connectivity index (χ4n) is 4.02. The van der Waals surface area contributed by atoms with Crippen molar-refractivity contribution in [3.05, 3.63) is 0 Å². The molecule has 2 unspecified atom stereocenters. The second-order valence-electron chi connectivity index (χ2n) is 7.87. The van der Waals surface area contributed by atoms with Crippen molar-refractivity contribution in [2.45, 2.75) is 63.8 Å². The van der Waals surface area contributed by atoms with Gasteiger partial charge in [-0.2, -0.15) is 0 Å². The lowest BCUT2D eigenvalue weighted by molar-refractivity contribution is -0.197. The minimum absolute atomic E-state index is 0.103. The van der Waals surface area contributed by atoms with Crippen LogP contribution in [-0.4, -0.2) is 65.8 Å². The fourth-order valence-corrected chi connectivity index (χ4v) is 4.02. The van der Waals surface area contributed by atoms with Gasteiger partial charge in [0.15, 0.2) is 0 Å². The molecule has 2 atom stereocenters. The first-order chi connectivity index (χ1) is 8.59. The maximum Gasteiger partial charge on any atom is 0.0761 e. The summed E-state index contributed by atoms with van der Waals surface area (Å²) in [6.45, 7) is 14.8. The summed E-state index contributed by atoms with van der Waals surface area (Å²) in [5.74, 6) is 0. The minimum atomic E-state index is -0.103. The van der Waals surface area contributed by atoms with Crippen molar-refractivity contribution in [2.75, 3.05) is 33.2 Å². The number of nitrogens with two attached hydrogens (primary N) is 1. The fraction of sp³-hybridized carbons (Fsp3) is 1.00. The lowest BCUT2D eigenvalue weighted by Crippen LogP contribution is -2.66. The van der Waals surface area contributed by atoms with Crippen LogP contribution >= 0.6 is 0 Å². The Labute approximate surface area is 118 Å². The average Bonchev–Trinajstić information content (AvgIpc) is 2.51. The van der Waals surface area contributed by atoms with Gasteiger partial charge in [0.1, 0.15) is 0 Å². The monoisotopic (exact) mass is 269 g/mol. The zero-order chi connectivity index (χ0) is 14.5. The van der Waals surface area contributed by atoms with Crippen molar-refractivity contribution in [3.8, 4) is 0 Å². The van der Waals surface area contributed by atoms with E-state index in [2.05, 4.69) is 51.5 Å². The van der Waals surface area contributed by atoms with E-state index in [1.54, 1.807) is 0 Å². The molecule has 2 fully saturated rings. The van der Waals surface area contributed by atoms with Crippen LogP contribution in [0.4, 0.5) is 0 Å². The third-order valence-corrected chi connectivity index (χ3v) is 4.72. The molecule has 2 aliphatic heterocycles. The molecule has 2 N–H and O–H groups in total. The molecule has 0 amide bonds. The van der Waals surface area contributed by atoms with E-state index in [1.807, 2.05) is 0 Å². The lowest BCUT2D eigenvalue weighted by Gasteiger charge is -2.53. The smallest absolute Gasteiger partial charge is 0.0761 e. The molecular formula is C15H31N3O.